The van der Waals surface area contributed by atoms with E-state index in [-0.39, 0.29) is 17.8 Å². The fourth-order valence-electron chi connectivity index (χ4n) is 3.03. The molecule has 0 aliphatic carbocycles. The summed E-state index contributed by atoms with van der Waals surface area (Å²) >= 11 is 0. The summed E-state index contributed by atoms with van der Waals surface area (Å²) in [6, 6.07) is 0.205. The maximum atomic E-state index is 12.5. The second-order valence-corrected chi connectivity index (χ2v) is 5.53. The molecule has 1 amide bonds. The van der Waals surface area contributed by atoms with Gasteiger partial charge in [0.15, 0.2) is 0 Å². The molecule has 104 valence electrons. The van der Waals surface area contributed by atoms with Gasteiger partial charge in [0, 0.05) is 19.5 Å². The van der Waals surface area contributed by atoms with E-state index >= 15 is 0 Å². The summed E-state index contributed by atoms with van der Waals surface area (Å²) in [6.07, 6.45) is 2.83. The Morgan fingerprint density at radius 3 is 3.11 bits per heavy atom. The van der Waals surface area contributed by atoms with Crippen molar-refractivity contribution >= 4 is 11.9 Å². The quantitative estimate of drug-likeness (QED) is 0.798. The fourth-order valence-corrected chi connectivity index (χ4v) is 3.03. The molecule has 3 heterocycles. The van der Waals surface area contributed by atoms with Crippen molar-refractivity contribution in [2.75, 3.05) is 32.4 Å². The predicted octanol–water partition coefficient (Wildman–Crippen LogP) is 0.483. The Labute approximate surface area is 112 Å². The van der Waals surface area contributed by atoms with Crippen LogP contribution in [-0.4, -0.2) is 47.4 Å². The molecule has 0 aromatic carbocycles. The van der Waals surface area contributed by atoms with Crippen LogP contribution >= 0.6 is 0 Å². The molecule has 0 spiro atoms. The maximum Gasteiger partial charge on any atom is 0.292 e. The third-order valence-electron chi connectivity index (χ3n) is 4.03. The van der Waals surface area contributed by atoms with Crippen molar-refractivity contribution in [3.05, 3.63) is 11.5 Å². The first-order valence-corrected chi connectivity index (χ1v) is 6.85. The molecule has 3 rings (SSSR count). The number of oxazole rings is 1. The third kappa shape index (κ3) is 2.45. The van der Waals surface area contributed by atoms with Crippen molar-refractivity contribution in [3.63, 3.8) is 0 Å². The van der Waals surface area contributed by atoms with Crippen LogP contribution in [0.15, 0.2) is 4.42 Å². The van der Waals surface area contributed by atoms with Crippen LogP contribution in [0.25, 0.3) is 0 Å². The molecule has 1 saturated heterocycles. The molecule has 2 N–H and O–H groups in total. The highest BCUT2D eigenvalue weighted by atomic mass is 16.4. The van der Waals surface area contributed by atoms with Gasteiger partial charge in [-0.1, -0.05) is 0 Å². The van der Waals surface area contributed by atoms with E-state index in [1.807, 2.05) is 4.90 Å². The van der Waals surface area contributed by atoms with Gasteiger partial charge in [0.05, 0.1) is 18.2 Å². The number of aromatic nitrogens is 1. The second kappa shape index (κ2) is 4.85. The topological polar surface area (TPSA) is 75.6 Å². The highest BCUT2D eigenvalue weighted by molar-refractivity contribution is 5.79. The van der Waals surface area contributed by atoms with E-state index in [2.05, 4.69) is 16.9 Å². The number of nitrogens with two attached hydrogens (primary N) is 1. The van der Waals surface area contributed by atoms with Crippen LogP contribution in [0, 0.1) is 5.92 Å². The molecular weight excluding hydrogens is 244 g/mol. The lowest BCUT2D eigenvalue weighted by atomic mass is 9.96. The van der Waals surface area contributed by atoms with Crippen LogP contribution < -0.4 is 5.73 Å². The number of hydrogen-bond acceptors (Lipinski definition) is 5. The summed E-state index contributed by atoms with van der Waals surface area (Å²) in [7, 11) is 2.07. The number of anilines is 1. The first-order chi connectivity index (χ1) is 9.13. The number of hydrogen-bond donors (Lipinski definition) is 1. The van der Waals surface area contributed by atoms with Crippen LogP contribution in [0.1, 0.15) is 24.3 Å². The zero-order valence-electron chi connectivity index (χ0n) is 11.3. The van der Waals surface area contributed by atoms with Crippen molar-refractivity contribution in [2.24, 2.45) is 5.92 Å². The summed E-state index contributed by atoms with van der Waals surface area (Å²) in [4.78, 5) is 20.8. The van der Waals surface area contributed by atoms with Gasteiger partial charge in [-0.15, -0.1) is 0 Å². The van der Waals surface area contributed by atoms with Crippen molar-refractivity contribution in [2.45, 2.75) is 25.8 Å². The summed E-state index contributed by atoms with van der Waals surface area (Å²) in [5.41, 5.74) is 6.46. The number of likely N-dealkylation sites (tertiary alicyclic amines) is 1. The van der Waals surface area contributed by atoms with Gasteiger partial charge in [0.2, 0.25) is 5.91 Å². The van der Waals surface area contributed by atoms with Gasteiger partial charge in [-0.3, -0.25) is 4.79 Å². The summed E-state index contributed by atoms with van der Waals surface area (Å²) < 4.78 is 5.36. The number of nitrogen functional groups attached to an aromatic ring is 1. The van der Waals surface area contributed by atoms with Gasteiger partial charge < -0.3 is 20.0 Å². The molecule has 2 aliphatic rings. The number of carbonyl (C=O) groups is 1. The lowest BCUT2D eigenvalue weighted by Gasteiger charge is -2.34. The molecule has 0 radical (unpaired) electrons. The van der Waals surface area contributed by atoms with Crippen molar-refractivity contribution in [1.82, 2.24) is 14.8 Å². The van der Waals surface area contributed by atoms with Crippen LogP contribution in [0.5, 0.6) is 0 Å². The van der Waals surface area contributed by atoms with Gasteiger partial charge >= 0.3 is 0 Å². The van der Waals surface area contributed by atoms with Crippen LogP contribution in [-0.2, 0) is 17.8 Å². The number of carbonyl (C=O) groups excluding carboxylic acids is 1. The third-order valence-corrected chi connectivity index (χ3v) is 4.03. The summed E-state index contributed by atoms with van der Waals surface area (Å²) in [5, 5.41) is 0. The van der Waals surface area contributed by atoms with Crippen LogP contribution in [0.2, 0.25) is 0 Å². The maximum absolute atomic E-state index is 12.5. The Morgan fingerprint density at radius 1 is 1.47 bits per heavy atom. The number of piperidine rings is 1. The SMILES string of the molecule is CN1CCCC(C(=O)N2CCc3nc(N)oc3C2)C1. The van der Waals surface area contributed by atoms with Crippen molar-refractivity contribution < 1.29 is 9.21 Å². The molecule has 2 aliphatic heterocycles. The Bertz CT molecular complexity index is 485. The average molecular weight is 264 g/mol. The zero-order chi connectivity index (χ0) is 13.4. The molecular formula is C13H20N4O2. The Morgan fingerprint density at radius 2 is 2.32 bits per heavy atom. The Kier molecular flexibility index (Phi) is 3.18. The van der Waals surface area contributed by atoms with E-state index in [0.29, 0.717) is 6.54 Å². The molecule has 6 nitrogen and oxygen atoms in total. The molecule has 6 heteroatoms. The lowest BCUT2D eigenvalue weighted by Crippen LogP contribution is -2.45. The number of rotatable bonds is 1. The monoisotopic (exact) mass is 264 g/mol. The fraction of sp³-hybridized carbons (Fsp3) is 0.692. The molecule has 1 aromatic rings. The second-order valence-electron chi connectivity index (χ2n) is 5.53. The lowest BCUT2D eigenvalue weighted by molar-refractivity contribution is -0.138. The molecule has 1 fully saturated rings. The largest absolute Gasteiger partial charge is 0.427 e. The molecule has 0 saturated carbocycles. The van der Waals surface area contributed by atoms with E-state index in [0.717, 1.165) is 50.4 Å². The molecule has 1 atom stereocenters. The highest BCUT2D eigenvalue weighted by Crippen LogP contribution is 2.24. The smallest absolute Gasteiger partial charge is 0.292 e. The van der Waals surface area contributed by atoms with Crippen LogP contribution in [0.4, 0.5) is 6.01 Å². The molecule has 19 heavy (non-hydrogen) atoms. The van der Waals surface area contributed by atoms with E-state index in [4.69, 9.17) is 10.2 Å². The van der Waals surface area contributed by atoms with Gasteiger partial charge in [0.25, 0.3) is 6.01 Å². The van der Waals surface area contributed by atoms with E-state index < -0.39 is 0 Å². The number of amides is 1. The van der Waals surface area contributed by atoms with Gasteiger partial charge in [-0.05, 0) is 26.4 Å². The standard InChI is InChI=1S/C13H20N4O2/c1-16-5-2-3-9(7-16)12(18)17-6-4-10-11(8-17)19-13(14)15-10/h9H,2-8H2,1H3,(H2,14,15). The van der Waals surface area contributed by atoms with E-state index in [9.17, 15) is 4.79 Å². The minimum absolute atomic E-state index is 0.126. The highest BCUT2D eigenvalue weighted by Gasteiger charge is 2.31. The summed E-state index contributed by atoms with van der Waals surface area (Å²) in [5.74, 6) is 1.12. The van der Waals surface area contributed by atoms with Gasteiger partial charge in [0.1, 0.15) is 5.76 Å². The van der Waals surface area contributed by atoms with Crippen molar-refractivity contribution in [3.8, 4) is 0 Å². The predicted molar refractivity (Wildman–Crippen MR) is 70.3 cm³/mol. The minimum atomic E-state index is 0.126. The Hall–Kier alpha value is -1.56. The zero-order valence-corrected chi connectivity index (χ0v) is 11.3. The first-order valence-electron chi connectivity index (χ1n) is 6.85. The minimum Gasteiger partial charge on any atom is -0.427 e. The average Bonchev–Trinajstić information content (AvgIpc) is 2.76. The van der Waals surface area contributed by atoms with E-state index in [1.165, 1.54) is 0 Å². The van der Waals surface area contributed by atoms with Crippen LogP contribution in [0.3, 0.4) is 0 Å². The summed E-state index contributed by atoms with van der Waals surface area (Å²) in [6.45, 7) is 3.18. The molecule has 1 unspecified atom stereocenters. The number of nitrogens with zero attached hydrogens (tertiary/aromatic N) is 3. The Balaban J connectivity index is 1.68. The number of fused-ring (bicyclic) bond motifs is 1. The first kappa shape index (κ1) is 12.5. The molecule has 0 bridgehead atoms. The van der Waals surface area contributed by atoms with Gasteiger partial charge in [-0.25, -0.2) is 0 Å². The normalized spacial score (nSPS) is 24.3. The van der Waals surface area contributed by atoms with Gasteiger partial charge in [-0.2, -0.15) is 4.98 Å². The van der Waals surface area contributed by atoms with Crippen molar-refractivity contribution in [1.29, 1.82) is 0 Å². The van der Waals surface area contributed by atoms with E-state index in [1.54, 1.807) is 0 Å². The molecule has 1 aromatic heterocycles.